The van der Waals surface area contributed by atoms with Gasteiger partial charge in [0.15, 0.2) is 6.61 Å². The molecule has 1 saturated carbocycles. The first kappa shape index (κ1) is 18.3. The van der Waals surface area contributed by atoms with Crippen LogP contribution < -0.4 is 5.73 Å². The van der Waals surface area contributed by atoms with Crippen molar-refractivity contribution < 1.29 is 19.1 Å². The van der Waals surface area contributed by atoms with Gasteiger partial charge in [-0.25, -0.2) is 9.59 Å². The summed E-state index contributed by atoms with van der Waals surface area (Å²) < 4.78 is 10.6. The molecule has 1 aliphatic carbocycles. The summed E-state index contributed by atoms with van der Waals surface area (Å²) in [7, 11) is 0. The third kappa shape index (κ3) is 4.73. The highest BCUT2D eigenvalue weighted by atomic mass is 16.6. The summed E-state index contributed by atoms with van der Waals surface area (Å²) in [5.41, 5.74) is 6.32. The number of esters is 2. The second kappa shape index (κ2) is 8.18. The first-order chi connectivity index (χ1) is 11.4. The summed E-state index contributed by atoms with van der Waals surface area (Å²) in [5, 5.41) is 0. The molecule has 5 heteroatoms. The molecular formula is C19H27NO4. The minimum Gasteiger partial charge on any atom is -0.460 e. The lowest BCUT2D eigenvalue weighted by Crippen LogP contribution is -2.36. The first-order valence-electron chi connectivity index (χ1n) is 8.59. The third-order valence-corrected chi connectivity index (χ3v) is 4.75. The van der Waals surface area contributed by atoms with Crippen LogP contribution in [0.2, 0.25) is 0 Å². The van der Waals surface area contributed by atoms with Crippen molar-refractivity contribution in [3.8, 4) is 0 Å². The Bertz CT molecular complexity index is 584. The Hall–Kier alpha value is -2.04. The zero-order valence-electron chi connectivity index (χ0n) is 14.7. The number of rotatable bonds is 5. The zero-order valence-corrected chi connectivity index (χ0v) is 14.7. The number of anilines is 1. The number of ether oxygens (including phenoxy) is 2. The van der Waals surface area contributed by atoms with Crippen LogP contribution in [0.4, 0.5) is 5.69 Å². The average Bonchev–Trinajstić information content (AvgIpc) is 2.53. The molecule has 1 aromatic rings. The maximum Gasteiger partial charge on any atom is 0.344 e. The van der Waals surface area contributed by atoms with E-state index in [1.165, 1.54) is 6.42 Å². The van der Waals surface area contributed by atoms with E-state index in [1.54, 1.807) is 24.3 Å². The summed E-state index contributed by atoms with van der Waals surface area (Å²) in [6.45, 7) is 6.10. The molecule has 1 aliphatic rings. The number of carbonyl (C=O) groups excluding carboxylic acids is 2. The average molecular weight is 333 g/mol. The molecule has 1 aromatic carbocycles. The van der Waals surface area contributed by atoms with Gasteiger partial charge in [0.2, 0.25) is 0 Å². The third-order valence-electron chi connectivity index (χ3n) is 4.75. The van der Waals surface area contributed by atoms with E-state index in [4.69, 9.17) is 15.2 Å². The number of nitrogen functional groups attached to an aromatic ring is 1. The lowest BCUT2D eigenvalue weighted by atomic mass is 9.75. The molecule has 0 heterocycles. The minimum absolute atomic E-state index is 0.0956. The van der Waals surface area contributed by atoms with Crippen LogP contribution in [-0.2, 0) is 14.3 Å². The highest BCUT2D eigenvalue weighted by Crippen LogP contribution is 2.35. The molecule has 3 atom stereocenters. The van der Waals surface area contributed by atoms with E-state index >= 15 is 0 Å². The van der Waals surface area contributed by atoms with E-state index in [-0.39, 0.29) is 18.3 Å². The van der Waals surface area contributed by atoms with Gasteiger partial charge in [0.05, 0.1) is 5.56 Å². The van der Waals surface area contributed by atoms with Crippen molar-refractivity contribution in [2.75, 3.05) is 12.3 Å². The van der Waals surface area contributed by atoms with Gasteiger partial charge in [0, 0.05) is 5.69 Å². The first-order valence-corrected chi connectivity index (χ1v) is 8.59. The Labute approximate surface area is 143 Å². The van der Waals surface area contributed by atoms with Gasteiger partial charge in [0.25, 0.3) is 0 Å². The van der Waals surface area contributed by atoms with Crippen molar-refractivity contribution in [1.29, 1.82) is 0 Å². The summed E-state index contributed by atoms with van der Waals surface area (Å²) in [4.78, 5) is 24.1. The number of benzene rings is 1. The fourth-order valence-electron chi connectivity index (χ4n) is 3.34. The second-order valence-electron chi connectivity index (χ2n) is 7.02. The van der Waals surface area contributed by atoms with Gasteiger partial charge >= 0.3 is 11.9 Å². The highest BCUT2D eigenvalue weighted by Gasteiger charge is 2.33. The van der Waals surface area contributed by atoms with Gasteiger partial charge in [-0.2, -0.15) is 0 Å². The summed E-state index contributed by atoms with van der Waals surface area (Å²) in [6.07, 6.45) is 3.01. The van der Waals surface area contributed by atoms with Crippen LogP contribution in [0.3, 0.4) is 0 Å². The topological polar surface area (TPSA) is 78.6 Å². The van der Waals surface area contributed by atoms with Crippen molar-refractivity contribution >= 4 is 17.6 Å². The van der Waals surface area contributed by atoms with Gasteiger partial charge in [-0.05, 0) is 42.7 Å². The monoisotopic (exact) mass is 333 g/mol. The molecule has 0 unspecified atom stereocenters. The Morgan fingerprint density at radius 3 is 2.62 bits per heavy atom. The Morgan fingerprint density at radius 2 is 1.96 bits per heavy atom. The number of para-hydroxylation sites is 1. The van der Waals surface area contributed by atoms with E-state index in [0.29, 0.717) is 23.4 Å². The van der Waals surface area contributed by atoms with Crippen LogP contribution in [0, 0.1) is 17.8 Å². The largest absolute Gasteiger partial charge is 0.460 e. The molecule has 0 aromatic heterocycles. The standard InChI is InChI=1S/C19H27NO4/c1-12(2)14-9-8-13(3)10-17(14)24-18(21)11-23-19(22)15-6-4-5-7-16(15)20/h4-7,12-14,17H,8-11,20H2,1-3H3/t13-,14-,17-/m1/s1. The number of carbonyl (C=O) groups is 2. The van der Waals surface area contributed by atoms with Gasteiger partial charge in [-0.15, -0.1) is 0 Å². The molecule has 24 heavy (non-hydrogen) atoms. The Morgan fingerprint density at radius 1 is 1.25 bits per heavy atom. The predicted octanol–water partition coefficient (Wildman–Crippen LogP) is 3.43. The van der Waals surface area contributed by atoms with Crippen molar-refractivity contribution in [3.63, 3.8) is 0 Å². The molecule has 5 nitrogen and oxygen atoms in total. The van der Waals surface area contributed by atoms with Crippen molar-refractivity contribution in [1.82, 2.24) is 0 Å². The lowest BCUT2D eigenvalue weighted by molar-refractivity contribution is -0.159. The van der Waals surface area contributed by atoms with Crippen molar-refractivity contribution in [2.24, 2.45) is 17.8 Å². The number of hydrogen-bond acceptors (Lipinski definition) is 5. The molecular weight excluding hydrogens is 306 g/mol. The van der Waals surface area contributed by atoms with Gasteiger partial charge in [-0.3, -0.25) is 0 Å². The van der Waals surface area contributed by atoms with Crippen LogP contribution in [0.15, 0.2) is 24.3 Å². The maximum atomic E-state index is 12.1. The molecule has 0 bridgehead atoms. The second-order valence-corrected chi connectivity index (χ2v) is 7.02. The van der Waals surface area contributed by atoms with E-state index in [9.17, 15) is 9.59 Å². The summed E-state index contributed by atoms with van der Waals surface area (Å²) in [5.74, 6) is 0.266. The van der Waals surface area contributed by atoms with Gasteiger partial charge < -0.3 is 15.2 Å². The number of hydrogen-bond donors (Lipinski definition) is 1. The molecule has 132 valence electrons. The fourth-order valence-corrected chi connectivity index (χ4v) is 3.34. The van der Waals surface area contributed by atoms with Crippen LogP contribution >= 0.6 is 0 Å². The van der Waals surface area contributed by atoms with E-state index in [2.05, 4.69) is 20.8 Å². The SMILES string of the molecule is CC(C)[C@H]1CC[C@@H](C)C[C@H]1OC(=O)COC(=O)c1ccccc1N. The normalized spacial score (nSPS) is 23.8. The fraction of sp³-hybridized carbons (Fsp3) is 0.579. The number of nitrogens with two attached hydrogens (primary N) is 1. The van der Waals surface area contributed by atoms with E-state index in [1.807, 2.05) is 0 Å². The lowest BCUT2D eigenvalue weighted by Gasteiger charge is -2.36. The molecule has 0 amide bonds. The summed E-state index contributed by atoms with van der Waals surface area (Å²) >= 11 is 0. The Kier molecular flexibility index (Phi) is 6.23. The maximum absolute atomic E-state index is 12.1. The van der Waals surface area contributed by atoms with Crippen LogP contribution in [0.25, 0.3) is 0 Å². The Balaban J connectivity index is 1.88. The molecule has 0 spiro atoms. The van der Waals surface area contributed by atoms with E-state index < -0.39 is 11.9 Å². The molecule has 2 rings (SSSR count). The predicted molar refractivity (Wildman–Crippen MR) is 92.4 cm³/mol. The minimum atomic E-state index is -0.609. The van der Waals surface area contributed by atoms with E-state index in [0.717, 1.165) is 12.8 Å². The summed E-state index contributed by atoms with van der Waals surface area (Å²) in [6, 6.07) is 6.62. The van der Waals surface area contributed by atoms with Crippen LogP contribution in [-0.4, -0.2) is 24.6 Å². The molecule has 0 radical (unpaired) electrons. The van der Waals surface area contributed by atoms with Gasteiger partial charge in [0.1, 0.15) is 6.10 Å². The molecule has 2 N–H and O–H groups in total. The zero-order chi connectivity index (χ0) is 17.7. The van der Waals surface area contributed by atoms with Crippen LogP contribution in [0.1, 0.15) is 50.4 Å². The van der Waals surface area contributed by atoms with Crippen molar-refractivity contribution in [2.45, 2.75) is 46.1 Å². The van der Waals surface area contributed by atoms with Gasteiger partial charge in [-0.1, -0.05) is 39.3 Å². The highest BCUT2D eigenvalue weighted by molar-refractivity contribution is 5.95. The van der Waals surface area contributed by atoms with Crippen LogP contribution in [0.5, 0.6) is 0 Å². The molecule has 0 saturated heterocycles. The smallest absolute Gasteiger partial charge is 0.344 e. The molecule has 1 fully saturated rings. The quantitative estimate of drug-likeness (QED) is 0.660. The molecule has 0 aliphatic heterocycles. The van der Waals surface area contributed by atoms with Crippen molar-refractivity contribution in [3.05, 3.63) is 29.8 Å².